The maximum atomic E-state index is 13.1. The van der Waals surface area contributed by atoms with Gasteiger partial charge in [-0.3, -0.25) is 4.79 Å². The molecule has 0 fully saturated rings. The number of anilines is 1. The van der Waals surface area contributed by atoms with Crippen molar-refractivity contribution in [1.29, 1.82) is 0 Å². The average Bonchev–Trinajstić information content (AvgIpc) is 2.75. The number of alkyl halides is 3. The van der Waals surface area contributed by atoms with E-state index in [1.54, 1.807) is 31.4 Å². The Bertz CT molecular complexity index is 834. The molecule has 136 valence electrons. The minimum Gasteiger partial charge on any atom is -0.497 e. The van der Waals surface area contributed by atoms with Crippen molar-refractivity contribution in [3.05, 3.63) is 59.2 Å². The minimum absolute atomic E-state index is 0.266. The van der Waals surface area contributed by atoms with Crippen LogP contribution in [-0.2, 0) is 17.4 Å². The summed E-state index contributed by atoms with van der Waals surface area (Å²) in [6.45, 7) is 0. The molecular formula is C19H16F3NO2S. The molecule has 0 unspecified atom stereocenters. The second-order valence-electron chi connectivity index (χ2n) is 6.10. The molecule has 0 saturated carbocycles. The standard InChI is InChI=1S/C19H16F3NO2S/c1-25-14-5-2-11(3-6-14)15-9-12-8-13(19(20,21)22)4-7-17(12)23-18(24)16(15)10-26/h2-8,10,15-16H,9H2,1H3,(H,23,24)/t15-,16+/m0/s1. The lowest BCUT2D eigenvalue weighted by molar-refractivity contribution is -0.137. The average molecular weight is 379 g/mol. The molecule has 2 aromatic rings. The van der Waals surface area contributed by atoms with E-state index in [0.29, 0.717) is 17.0 Å². The van der Waals surface area contributed by atoms with Gasteiger partial charge in [0.1, 0.15) is 5.75 Å². The van der Waals surface area contributed by atoms with Gasteiger partial charge in [0.2, 0.25) is 5.91 Å². The highest BCUT2D eigenvalue weighted by Gasteiger charge is 2.35. The molecule has 26 heavy (non-hydrogen) atoms. The summed E-state index contributed by atoms with van der Waals surface area (Å²) in [5.74, 6) is -0.645. The molecule has 0 saturated heterocycles. The number of halogens is 3. The van der Waals surface area contributed by atoms with Gasteiger partial charge in [-0.2, -0.15) is 13.2 Å². The number of ether oxygens (including phenoxy) is 1. The Morgan fingerprint density at radius 3 is 2.46 bits per heavy atom. The molecule has 2 aromatic carbocycles. The first-order valence-electron chi connectivity index (χ1n) is 7.93. The summed E-state index contributed by atoms with van der Waals surface area (Å²) in [5, 5.41) is 4.07. The van der Waals surface area contributed by atoms with Crippen LogP contribution in [0.15, 0.2) is 42.5 Å². The van der Waals surface area contributed by atoms with Crippen LogP contribution >= 0.6 is 12.2 Å². The number of amides is 1. The van der Waals surface area contributed by atoms with Crippen LogP contribution in [-0.4, -0.2) is 18.4 Å². The summed E-state index contributed by atoms with van der Waals surface area (Å²) in [7, 11) is 1.54. The van der Waals surface area contributed by atoms with Crippen LogP contribution in [0.5, 0.6) is 5.75 Å². The molecule has 1 aliphatic heterocycles. The fourth-order valence-electron chi connectivity index (χ4n) is 3.16. The van der Waals surface area contributed by atoms with Crippen LogP contribution < -0.4 is 10.1 Å². The van der Waals surface area contributed by atoms with E-state index in [9.17, 15) is 18.0 Å². The van der Waals surface area contributed by atoms with Crippen LogP contribution in [0.2, 0.25) is 0 Å². The quantitative estimate of drug-likeness (QED) is 0.792. The molecule has 0 spiro atoms. The number of carbonyl (C=O) groups excluding carboxylic acids is 1. The maximum absolute atomic E-state index is 13.1. The van der Waals surface area contributed by atoms with Gasteiger partial charge in [-0.15, -0.1) is 0 Å². The predicted octanol–water partition coefficient (Wildman–Crippen LogP) is 4.61. The summed E-state index contributed by atoms with van der Waals surface area (Å²) < 4.78 is 44.3. The lowest BCUT2D eigenvalue weighted by atomic mass is 9.82. The Labute approximate surface area is 154 Å². The van der Waals surface area contributed by atoms with E-state index in [4.69, 9.17) is 17.0 Å². The highest BCUT2D eigenvalue weighted by atomic mass is 32.1. The largest absolute Gasteiger partial charge is 0.497 e. The molecule has 0 bridgehead atoms. The number of nitrogens with one attached hydrogen (secondary N) is 1. The van der Waals surface area contributed by atoms with E-state index < -0.39 is 17.7 Å². The van der Waals surface area contributed by atoms with Crippen molar-refractivity contribution in [3.8, 4) is 5.75 Å². The van der Waals surface area contributed by atoms with E-state index in [1.807, 2.05) is 0 Å². The number of rotatable bonds is 3. The first-order valence-corrected chi connectivity index (χ1v) is 8.41. The van der Waals surface area contributed by atoms with Crippen molar-refractivity contribution >= 4 is 29.2 Å². The third-order valence-electron chi connectivity index (χ3n) is 4.56. The van der Waals surface area contributed by atoms with E-state index in [1.165, 1.54) is 11.4 Å². The second kappa shape index (κ2) is 7.07. The lowest BCUT2D eigenvalue weighted by Gasteiger charge is -2.21. The molecule has 0 aliphatic carbocycles. The highest BCUT2D eigenvalue weighted by molar-refractivity contribution is 7.79. The zero-order valence-corrected chi connectivity index (χ0v) is 14.7. The van der Waals surface area contributed by atoms with Gasteiger partial charge in [-0.1, -0.05) is 24.4 Å². The van der Waals surface area contributed by atoms with Gasteiger partial charge in [-0.05, 0) is 53.2 Å². The van der Waals surface area contributed by atoms with Gasteiger partial charge >= 0.3 is 6.18 Å². The fourth-order valence-corrected chi connectivity index (χ4v) is 3.47. The summed E-state index contributed by atoms with van der Waals surface area (Å²) in [5.41, 5.74) is 0.909. The number of carbonyl (C=O) groups is 1. The smallest absolute Gasteiger partial charge is 0.416 e. The van der Waals surface area contributed by atoms with E-state index in [-0.39, 0.29) is 18.2 Å². The molecule has 0 radical (unpaired) electrons. The zero-order chi connectivity index (χ0) is 18.9. The Morgan fingerprint density at radius 2 is 1.88 bits per heavy atom. The number of benzene rings is 2. The lowest BCUT2D eigenvalue weighted by Crippen LogP contribution is -2.27. The molecule has 1 aliphatic rings. The van der Waals surface area contributed by atoms with E-state index >= 15 is 0 Å². The Morgan fingerprint density at radius 1 is 1.19 bits per heavy atom. The molecule has 3 rings (SSSR count). The summed E-state index contributed by atoms with van der Waals surface area (Å²) in [4.78, 5) is 12.5. The summed E-state index contributed by atoms with van der Waals surface area (Å²) in [6.07, 6.45) is -4.17. The van der Waals surface area contributed by atoms with Crippen LogP contribution in [0, 0.1) is 5.92 Å². The van der Waals surface area contributed by atoms with E-state index in [2.05, 4.69) is 5.32 Å². The Kier molecular flexibility index (Phi) is 5.00. The molecule has 0 aromatic heterocycles. The monoisotopic (exact) mass is 379 g/mol. The predicted molar refractivity (Wildman–Crippen MR) is 96.7 cm³/mol. The summed E-state index contributed by atoms with van der Waals surface area (Å²) in [6, 6.07) is 10.5. The molecule has 1 amide bonds. The van der Waals surface area contributed by atoms with Crippen molar-refractivity contribution < 1.29 is 22.7 Å². The van der Waals surface area contributed by atoms with Gasteiger partial charge in [0.25, 0.3) is 0 Å². The van der Waals surface area contributed by atoms with Gasteiger partial charge in [0.05, 0.1) is 18.6 Å². The highest BCUT2D eigenvalue weighted by Crippen LogP contribution is 2.38. The Balaban J connectivity index is 2.05. The fraction of sp³-hybridized carbons (Fsp3) is 0.263. The second-order valence-corrected chi connectivity index (χ2v) is 6.38. The topological polar surface area (TPSA) is 38.3 Å². The number of hydrogen-bond donors (Lipinski definition) is 1. The van der Waals surface area contributed by atoms with Gasteiger partial charge in [-0.25, -0.2) is 0 Å². The number of thiocarbonyl (C=S) groups is 1. The number of methoxy groups -OCH3 is 1. The maximum Gasteiger partial charge on any atom is 0.416 e. The third-order valence-corrected chi connectivity index (χ3v) is 4.85. The van der Waals surface area contributed by atoms with Crippen molar-refractivity contribution in [3.63, 3.8) is 0 Å². The van der Waals surface area contributed by atoms with Crippen molar-refractivity contribution in [2.75, 3.05) is 12.4 Å². The Hall–Kier alpha value is -2.41. The van der Waals surface area contributed by atoms with Crippen LogP contribution in [0.1, 0.15) is 22.6 Å². The van der Waals surface area contributed by atoms with Gasteiger partial charge < -0.3 is 10.1 Å². The van der Waals surface area contributed by atoms with Crippen molar-refractivity contribution in [2.24, 2.45) is 5.92 Å². The minimum atomic E-state index is -4.44. The van der Waals surface area contributed by atoms with E-state index in [0.717, 1.165) is 17.7 Å². The van der Waals surface area contributed by atoms with Crippen LogP contribution in [0.4, 0.5) is 18.9 Å². The summed E-state index contributed by atoms with van der Waals surface area (Å²) >= 11 is 5.04. The SMILES string of the molecule is COc1ccc([C@@H]2Cc3cc(C(F)(F)F)ccc3NC(=O)[C@@H]2C=S)cc1. The molecule has 7 heteroatoms. The first-order chi connectivity index (χ1) is 12.3. The number of hydrogen-bond acceptors (Lipinski definition) is 3. The zero-order valence-electron chi connectivity index (χ0n) is 13.8. The molecule has 1 heterocycles. The van der Waals surface area contributed by atoms with Crippen molar-refractivity contribution in [1.82, 2.24) is 0 Å². The van der Waals surface area contributed by atoms with Crippen molar-refractivity contribution in [2.45, 2.75) is 18.5 Å². The van der Waals surface area contributed by atoms with Gasteiger partial charge in [0.15, 0.2) is 0 Å². The first kappa shape index (κ1) is 18.4. The molecule has 1 N–H and O–H groups in total. The van der Waals surface area contributed by atoms with Crippen LogP contribution in [0.25, 0.3) is 0 Å². The third kappa shape index (κ3) is 3.58. The normalized spacial score (nSPS) is 19.9. The number of fused-ring (bicyclic) bond motifs is 1. The molecule has 2 atom stereocenters. The van der Waals surface area contributed by atoms with Crippen LogP contribution in [0.3, 0.4) is 0 Å². The molecular weight excluding hydrogens is 363 g/mol. The van der Waals surface area contributed by atoms with Gasteiger partial charge in [0, 0.05) is 11.6 Å². The molecule has 3 nitrogen and oxygen atoms in total.